The summed E-state index contributed by atoms with van der Waals surface area (Å²) in [5, 5.41) is 3.55. The van der Waals surface area contributed by atoms with Gasteiger partial charge in [-0.2, -0.15) is 0 Å². The molecule has 0 atom stereocenters. The van der Waals surface area contributed by atoms with E-state index in [-0.39, 0.29) is 0 Å². The number of hydrogen-bond donors (Lipinski definition) is 1. The van der Waals surface area contributed by atoms with Crippen LogP contribution in [0.1, 0.15) is 31.2 Å². The summed E-state index contributed by atoms with van der Waals surface area (Å²) >= 11 is 0. The van der Waals surface area contributed by atoms with Crippen LogP contribution in [0.3, 0.4) is 0 Å². The molecule has 2 rings (SSSR count). The molecule has 0 aliphatic heterocycles. The monoisotopic (exact) mass is 204 g/mol. The van der Waals surface area contributed by atoms with Gasteiger partial charge in [0.05, 0.1) is 0 Å². The zero-order valence-electron chi connectivity index (χ0n) is 9.28. The maximum atomic E-state index is 4.11. The highest BCUT2D eigenvalue weighted by molar-refractivity contribution is 5.08. The third-order valence-electron chi connectivity index (χ3n) is 3.22. The highest BCUT2D eigenvalue weighted by Gasteiger charge is 2.13. The molecule has 0 aromatic carbocycles. The van der Waals surface area contributed by atoms with E-state index >= 15 is 0 Å². The topological polar surface area (TPSA) is 24.9 Å². The second-order valence-corrected chi connectivity index (χ2v) is 4.47. The maximum Gasteiger partial charge on any atom is 0.0300 e. The van der Waals surface area contributed by atoms with Crippen molar-refractivity contribution in [3.8, 4) is 0 Å². The molecular formula is C13H20N2. The second kappa shape index (κ2) is 5.86. The Morgan fingerprint density at radius 1 is 1.33 bits per heavy atom. The molecule has 1 aliphatic rings. The Kier molecular flexibility index (Phi) is 4.15. The summed E-state index contributed by atoms with van der Waals surface area (Å²) in [4.78, 5) is 4.11. The third kappa shape index (κ3) is 3.63. The van der Waals surface area contributed by atoms with E-state index < -0.39 is 0 Å². The van der Waals surface area contributed by atoms with Gasteiger partial charge in [0.1, 0.15) is 0 Å². The van der Waals surface area contributed by atoms with Gasteiger partial charge in [-0.15, -0.1) is 0 Å². The van der Waals surface area contributed by atoms with Gasteiger partial charge in [0, 0.05) is 12.4 Å². The van der Waals surface area contributed by atoms with Crippen LogP contribution in [0.2, 0.25) is 0 Å². The number of nitrogens with zero attached hydrogens (tertiary/aromatic N) is 1. The zero-order chi connectivity index (χ0) is 10.3. The molecule has 0 unspecified atom stereocenters. The van der Waals surface area contributed by atoms with Crippen LogP contribution in [0.5, 0.6) is 0 Å². The normalized spacial score (nSPS) is 17.1. The van der Waals surface area contributed by atoms with Crippen molar-refractivity contribution in [3.05, 3.63) is 30.1 Å². The van der Waals surface area contributed by atoms with Crippen molar-refractivity contribution in [2.24, 2.45) is 5.92 Å². The van der Waals surface area contributed by atoms with Gasteiger partial charge < -0.3 is 5.32 Å². The summed E-state index contributed by atoms with van der Waals surface area (Å²) < 4.78 is 0. The van der Waals surface area contributed by atoms with Crippen LogP contribution in [-0.4, -0.2) is 18.1 Å². The van der Waals surface area contributed by atoms with Gasteiger partial charge >= 0.3 is 0 Å². The van der Waals surface area contributed by atoms with Crippen LogP contribution >= 0.6 is 0 Å². The van der Waals surface area contributed by atoms with E-state index in [1.165, 1.54) is 37.8 Å². The molecule has 0 amide bonds. The zero-order valence-corrected chi connectivity index (χ0v) is 9.28. The van der Waals surface area contributed by atoms with Crippen LogP contribution in [-0.2, 0) is 6.42 Å². The molecule has 1 aromatic rings. The first-order valence-electron chi connectivity index (χ1n) is 6.05. The SMILES string of the molecule is c1cncc(CCNCC2CCCC2)c1. The number of hydrogen-bond acceptors (Lipinski definition) is 2. The Morgan fingerprint density at radius 3 is 2.93 bits per heavy atom. The minimum atomic E-state index is 0.943. The van der Waals surface area contributed by atoms with Crippen LogP contribution < -0.4 is 5.32 Å². The first kappa shape index (κ1) is 10.6. The molecule has 82 valence electrons. The van der Waals surface area contributed by atoms with Gasteiger partial charge in [0.25, 0.3) is 0 Å². The Bertz CT molecular complexity index is 265. The van der Waals surface area contributed by atoms with E-state index in [0.717, 1.165) is 18.9 Å². The van der Waals surface area contributed by atoms with Gasteiger partial charge in [0.2, 0.25) is 0 Å². The molecule has 0 spiro atoms. The fraction of sp³-hybridized carbons (Fsp3) is 0.615. The molecule has 2 heteroatoms. The molecule has 1 heterocycles. The van der Waals surface area contributed by atoms with Crippen molar-refractivity contribution in [1.82, 2.24) is 10.3 Å². The average Bonchev–Trinajstić information content (AvgIpc) is 2.79. The van der Waals surface area contributed by atoms with Crippen LogP contribution in [0, 0.1) is 5.92 Å². The first-order chi connectivity index (χ1) is 7.45. The molecule has 1 aromatic heterocycles. The van der Waals surface area contributed by atoms with Crippen LogP contribution in [0.15, 0.2) is 24.5 Å². The summed E-state index contributed by atoms with van der Waals surface area (Å²) in [5.74, 6) is 0.943. The van der Waals surface area contributed by atoms with E-state index in [4.69, 9.17) is 0 Å². The predicted octanol–water partition coefficient (Wildman–Crippen LogP) is 2.40. The van der Waals surface area contributed by atoms with E-state index in [1.54, 1.807) is 0 Å². The van der Waals surface area contributed by atoms with E-state index in [9.17, 15) is 0 Å². The van der Waals surface area contributed by atoms with E-state index in [0.29, 0.717) is 0 Å². The van der Waals surface area contributed by atoms with Crippen molar-refractivity contribution in [2.45, 2.75) is 32.1 Å². The van der Waals surface area contributed by atoms with Crippen molar-refractivity contribution in [2.75, 3.05) is 13.1 Å². The largest absolute Gasteiger partial charge is 0.316 e. The molecule has 1 saturated carbocycles. The Labute approximate surface area is 92.1 Å². The lowest BCUT2D eigenvalue weighted by Crippen LogP contribution is -2.23. The van der Waals surface area contributed by atoms with Gasteiger partial charge in [-0.3, -0.25) is 4.98 Å². The lowest BCUT2D eigenvalue weighted by Gasteiger charge is -2.10. The average molecular weight is 204 g/mol. The Morgan fingerprint density at radius 2 is 2.20 bits per heavy atom. The summed E-state index contributed by atoms with van der Waals surface area (Å²) in [7, 11) is 0. The summed E-state index contributed by atoms with van der Waals surface area (Å²) in [6.45, 7) is 2.29. The molecule has 0 saturated heterocycles. The first-order valence-corrected chi connectivity index (χ1v) is 6.05. The Balaban J connectivity index is 1.59. The minimum Gasteiger partial charge on any atom is -0.316 e. The summed E-state index contributed by atoms with van der Waals surface area (Å²) in [6, 6.07) is 4.15. The van der Waals surface area contributed by atoms with Gasteiger partial charge in [-0.05, 0) is 49.9 Å². The van der Waals surface area contributed by atoms with Crippen molar-refractivity contribution in [3.63, 3.8) is 0 Å². The summed E-state index contributed by atoms with van der Waals surface area (Å²) in [5.41, 5.74) is 1.33. The fourth-order valence-corrected chi connectivity index (χ4v) is 2.30. The number of nitrogens with one attached hydrogen (secondary N) is 1. The molecule has 0 bridgehead atoms. The fourth-order valence-electron chi connectivity index (χ4n) is 2.30. The highest BCUT2D eigenvalue weighted by Crippen LogP contribution is 2.23. The van der Waals surface area contributed by atoms with Crippen LogP contribution in [0.25, 0.3) is 0 Å². The van der Waals surface area contributed by atoms with E-state index in [1.807, 2.05) is 18.5 Å². The number of pyridine rings is 1. The standard InChI is InChI=1S/C13H20N2/c1-2-5-12(4-1)10-15-9-7-13-6-3-8-14-11-13/h3,6,8,11-12,15H,1-2,4-5,7,9-10H2. The molecule has 1 aliphatic carbocycles. The van der Waals surface area contributed by atoms with Crippen molar-refractivity contribution >= 4 is 0 Å². The molecule has 0 radical (unpaired) electrons. The Hall–Kier alpha value is -0.890. The predicted molar refractivity (Wildman–Crippen MR) is 62.8 cm³/mol. The van der Waals surface area contributed by atoms with Gasteiger partial charge in [-0.25, -0.2) is 0 Å². The molecule has 15 heavy (non-hydrogen) atoms. The van der Waals surface area contributed by atoms with Crippen molar-refractivity contribution in [1.29, 1.82) is 0 Å². The number of aromatic nitrogens is 1. The molecule has 2 nitrogen and oxygen atoms in total. The van der Waals surface area contributed by atoms with Crippen molar-refractivity contribution < 1.29 is 0 Å². The third-order valence-corrected chi connectivity index (χ3v) is 3.22. The smallest absolute Gasteiger partial charge is 0.0300 e. The molecular weight excluding hydrogens is 184 g/mol. The number of rotatable bonds is 5. The lowest BCUT2D eigenvalue weighted by molar-refractivity contribution is 0.491. The molecule has 1 N–H and O–H groups in total. The van der Waals surface area contributed by atoms with Crippen LogP contribution in [0.4, 0.5) is 0 Å². The quantitative estimate of drug-likeness (QED) is 0.745. The lowest BCUT2D eigenvalue weighted by atomic mass is 10.1. The van der Waals surface area contributed by atoms with Gasteiger partial charge in [-0.1, -0.05) is 18.9 Å². The minimum absolute atomic E-state index is 0.943. The van der Waals surface area contributed by atoms with E-state index in [2.05, 4.69) is 16.4 Å². The van der Waals surface area contributed by atoms with Gasteiger partial charge in [0.15, 0.2) is 0 Å². The molecule has 1 fully saturated rings. The highest BCUT2D eigenvalue weighted by atomic mass is 14.9. The summed E-state index contributed by atoms with van der Waals surface area (Å²) in [6.07, 6.45) is 10.6. The maximum absolute atomic E-state index is 4.11. The second-order valence-electron chi connectivity index (χ2n) is 4.47.